The number of rotatable bonds is 3. The van der Waals surface area contributed by atoms with Crippen molar-refractivity contribution >= 4 is 16.7 Å². The molecule has 0 spiro atoms. The van der Waals surface area contributed by atoms with Crippen LogP contribution in [0, 0.1) is 0 Å². The Kier molecular flexibility index (Phi) is 3.71. The van der Waals surface area contributed by atoms with Crippen LogP contribution >= 0.6 is 0 Å². The number of hydrogen-bond donors (Lipinski definition) is 2. The molecule has 19 heavy (non-hydrogen) atoms. The molecule has 0 bridgehead atoms. The molecule has 0 aromatic heterocycles. The van der Waals surface area contributed by atoms with Crippen LogP contribution in [0.1, 0.15) is 35.7 Å². The second-order valence-electron chi connectivity index (χ2n) is 4.71. The van der Waals surface area contributed by atoms with E-state index in [2.05, 4.69) is 19.3 Å². The molecule has 2 rings (SSSR count). The van der Waals surface area contributed by atoms with Crippen molar-refractivity contribution in [1.82, 2.24) is 5.43 Å². The fraction of sp³-hybridized carbons (Fsp3) is 0.267. The Morgan fingerprint density at radius 1 is 1.26 bits per heavy atom. The predicted octanol–water partition coefficient (Wildman–Crippen LogP) is 2.58. The maximum atomic E-state index is 12.0. The number of benzene rings is 2. The van der Waals surface area contributed by atoms with Gasteiger partial charge in [-0.1, -0.05) is 38.1 Å². The van der Waals surface area contributed by atoms with Gasteiger partial charge in [0.25, 0.3) is 5.91 Å². The standard InChI is InChI=1S/C15H18N2O2/c1-9(2)14-11-7-5-4-6-10(11)13(19-3)8-12(14)15(18)17-16/h4-9H,16H2,1-3H3,(H,17,18). The molecule has 1 amide bonds. The summed E-state index contributed by atoms with van der Waals surface area (Å²) in [7, 11) is 1.60. The smallest absolute Gasteiger partial charge is 0.265 e. The number of hydrogen-bond acceptors (Lipinski definition) is 3. The van der Waals surface area contributed by atoms with Gasteiger partial charge in [0.05, 0.1) is 7.11 Å². The number of ether oxygens (including phenoxy) is 1. The molecule has 0 aliphatic heterocycles. The third-order valence-corrected chi connectivity index (χ3v) is 3.22. The van der Waals surface area contributed by atoms with Crippen LogP contribution in [0.5, 0.6) is 5.75 Å². The summed E-state index contributed by atoms with van der Waals surface area (Å²) in [4.78, 5) is 12.0. The Balaban J connectivity index is 2.87. The molecular weight excluding hydrogens is 240 g/mol. The highest BCUT2D eigenvalue weighted by molar-refractivity contribution is 6.03. The summed E-state index contributed by atoms with van der Waals surface area (Å²) in [5.74, 6) is 5.86. The van der Waals surface area contributed by atoms with E-state index in [4.69, 9.17) is 10.6 Å². The number of carbonyl (C=O) groups excluding carboxylic acids is 1. The van der Waals surface area contributed by atoms with E-state index < -0.39 is 0 Å². The first-order chi connectivity index (χ1) is 9.10. The molecule has 3 N–H and O–H groups in total. The summed E-state index contributed by atoms with van der Waals surface area (Å²) in [5, 5.41) is 2.03. The summed E-state index contributed by atoms with van der Waals surface area (Å²) in [5.41, 5.74) is 3.75. The van der Waals surface area contributed by atoms with Crippen molar-refractivity contribution in [1.29, 1.82) is 0 Å². The normalized spacial score (nSPS) is 10.8. The summed E-state index contributed by atoms with van der Waals surface area (Å²) < 4.78 is 5.38. The number of amides is 1. The number of hydrazine groups is 1. The van der Waals surface area contributed by atoms with Crippen molar-refractivity contribution in [2.45, 2.75) is 19.8 Å². The lowest BCUT2D eigenvalue weighted by molar-refractivity contribution is 0.0952. The number of nitrogens with one attached hydrogen (secondary N) is 1. The van der Waals surface area contributed by atoms with E-state index in [1.165, 1.54) is 0 Å². The molecule has 4 heteroatoms. The minimum atomic E-state index is -0.298. The molecule has 4 nitrogen and oxygen atoms in total. The Morgan fingerprint density at radius 3 is 2.42 bits per heavy atom. The van der Waals surface area contributed by atoms with Gasteiger partial charge in [-0.3, -0.25) is 10.2 Å². The zero-order chi connectivity index (χ0) is 14.0. The van der Waals surface area contributed by atoms with E-state index >= 15 is 0 Å². The first-order valence-corrected chi connectivity index (χ1v) is 6.20. The second kappa shape index (κ2) is 5.28. The molecule has 0 aliphatic carbocycles. The van der Waals surface area contributed by atoms with Crippen molar-refractivity contribution in [3.05, 3.63) is 41.5 Å². The summed E-state index contributed by atoms with van der Waals surface area (Å²) in [6.45, 7) is 4.11. The highest BCUT2D eigenvalue weighted by atomic mass is 16.5. The zero-order valence-corrected chi connectivity index (χ0v) is 11.4. The molecule has 0 atom stereocenters. The molecule has 0 saturated carbocycles. The average Bonchev–Trinajstić information content (AvgIpc) is 2.44. The number of methoxy groups -OCH3 is 1. The Labute approximate surface area is 112 Å². The first-order valence-electron chi connectivity index (χ1n) is 6.20. The van der Waals surface area contributed by atoms with Crippen LogP contribution in [0.3, 0.4) is 0 Å². The van der Waals surface area contributed by atoms with Crippen LogP contribution < -0.4 is 16.0 Å². The Morgan fingerprint density at radius 2 is 1.89 bits per heavy atom. The van der Waals surface area contributed by atoms with E-state index in [1.807, 2.05) is 24.3 Å². The fourth-order valence-electron chi connectivity index (χ4n) is 2.42. The molecule has 100 valence electrons. The Hall–Kier alpha value is -2.07. The largest absolute Gasteiger partial charge is 0.496 e. The molecule has 0 heterocycles. The van der Waals surface area contributed by atoms with Crippen molar-refractivity contribution in [2.24, 2.45) is 5.84 Å². The van der Waals surface area contributed by atoms with E-state index in [-0.39, 0.29) is 11.8 Å². The number of carbonyl (C=O) groups is 1. The number of nitrogens with two attached hydrogens (primary N) is 1. The minimum absolute atomic E-state index is 0.211. The van der Waals surface area contributed by atoms with E-state index in [0.717, 1.165) is 16.3 Å². The molecule has 0 radical (unpaired) electrons. The van der Waals surface area contributed by atoms with Gasteiger partial charge in [-0.05, 0) is 22.9 Å². The second-order valence-corrected chi connectivity index (χ2v) is 4.71. The molecule has 0 saturated heterocycles. The third kappa shape index (κ3) is 2.27. The predicted molar refractivity (Wildman–Crippen MR) is 76.2 cm³/mol. The van der Waals surface area contributed by atoms with Gasteiger partial charge < -0.3 is 4.74 Å². The third-order valence-electron chi connectivity index (χ3n) is 3.22. The van der Waals surface area contributed by atoms with E-state index in [1.54, 1.807) is 13.2 Å². The zero-order valence-electron chi connectivity index (χ0n) is 11.4. The molecule has 0 fully saturated rings. The molecule has 2 aromatic rings. The highest BCUT2D eigenvalue weighted by Crippen LogP contribution is 2.35. The van der Waals surface area contributed by atoms with E-state index in [9.17, 15) is 4.79 Å². The van der Waals surface area contributed by atoms with Crippen molar-refractivity contribution in [3.8, 4) is 5.75 Å². The van der Waals surface area contributed by atoms with Gasteiger partial charge in [0.2, 0.25) is 0 Å². The monoisotopic (exact) mass is 258 g/mol. The van der Waals surface area contributed by atoms with Gasteiger partial charge in [-0.2, -0.15) is 0 Å². The van der Waals surface area contributed by atoms with Gasteiger partial charge in [-0.25, -0.2) is 5.84 Å². The number of fused-ring (bicyclic) bond motifs is 1. The maximum absolute atomic E-state index is 12.0. The van der Waals surface area contributed by atoms with Gasteiger partial charge in [0.1, 0.15) is 5.75 Å². The van der Waals surface area contributed by atoms with Crippen LogP contribution in [0.15, 0.2) is 30.3 Å². The van der Waals surface area contributed by atoms with Gasteiger partial charge >= 0.3 is 0 Å². The van der Waals surface area contributed by atoms with Crippen LogP contribution in [0.4, 0.5) is 0 Å². The Bertz CT molecular complexity index is 621. The lowest BCUT2D eigenvalue weighted by Gasteiger charge is -2.17. The maximum Gasteiger partial charge on any atom is 0.265 e. The lowest BCUT2D eigenvalue weighted by atomic mass is 9.90. The molecular formula is C15H18N2O2. The van der Waals surface area contributed by atoms with Crippen LogP contribution in [0.2, 0.25) is 0 Å². The highest BCUT2D eigenvalue weighted by Gasteiger charge is 2.19. The quantitative estimate of drug-likeness (QED) is 0.505. The van der Waals surface area contributed by atoms with Gasteiger partial charge in [-0.15, -0.1) is 0 Å². The summed E-state index contributed by atoms with van der Waals surface area (Å²) in [6.07, 6.45) is 0. The lowest BCUT2D eigenvalue weighted by Crippen LogP contribution is -2.31. The first kappa shape index (κ1) is 13.4. The topological polar surface area (TPSA) is 64.3 Å². The minimum Gasteiger partial charge on any atom is -0.496 e. The molecule has 0 unspecified atom stereocenters. The van der Waals surface area contributed by atoms with Crippen molar-refractivity contribution in [3.63, 3.8) is 0 Å². The average molecular weight is 258 g/mol. The van der Waals surface area contributed by atoms with E-state index in [0.29, 0.717) is 11.3 Å². The molecule has 0 aliphatic rings. The van der Waals surface area contributed by atoms with Gasteiger partial charge in [0, 0.05) is 10.9 Å². The molecule has 2 aromatic carbocycles. The summed E-state index contributed by atoms with van der Waals surface area (Å²) in [6, 6.07) is 9.65. The number of nitrogen functional groups attached to an aromatic ring is 1. The fourth-order valence-corrected chi connectivity index (χ4v) is 2.42. The van der Waals surface area contributed by atoms with Crippen molar-refractivity contribution < 1.29 is 9.53 Å². The summed E-state index contributed by atoms with van der Waals surface area (Å²) >= 11 is 0. The van der Waals surface area contributed by atoms with Crippen LogP contribution in [-0.4, -0.2) is 13.0 Å². The van der Waals surface area contributed by atoms with Crippen molar-refractivity contribution in [2.75, 3.05) is 7.11 Å². The van der Waals surface area contributed by atoms with Gasteiger partial charge in [0.15, 0.2) is 0 Å². The van der Waals surface area contributed by atoms with Crippen LogP contribution in [0.25, 0.3) is 10.8 Å². The SMILES string of the molecule is COc1cc(C(=O)NN)c(C(C)C)c2ccccc12. The van der Waals surface area contributed by atoms with Crippen LogP contribution in [-0.2, 0) is 0 Å².